The minimum Gasteiger partial charge on any atom is -0.326 e. The fourth-order valence-corrected chi connectivity index (χ4v) is 2.12. The van der Waals surface area contributed by atoms with Crippen molar-refractivity contribution in [1.29, 1.82) is 0 Å². The van der Waals surface area contributed by atoms with Gasteiger partial charge in [0.2, 0.25) is 0 Å². The molecule has 0 saturated carbocycles. The quantitative estimate of drug-likeness (QED) is 0.912. The van der Waals surface area contributed by atoms with E-state index in [1.165, 1.54) is 12.1 Å². The third kappa shape index (κ3) is 2.81. The summed E-state index contributed by atoms with van der Waals surface area (Å²) in [5.41, 5.74) is 5.77. The number of nitrogens with two attached hydrogens (primary N) is 1. The molecule has 0 amide bonds. The molecule has 0 radical (unpaired) electrons. The number of hydrogen-bond donors (Lipinski definition) is 1. The Bertz CT molecular complexity index is 494. The minimum absolute atomic E-state index is 0.0547. The maximum atomic E-state index is 13.6. The van der Waals surface area contributed by atoms with Crippen molar-refractivity contribution >= 4 is 11.8 Å². The maximum Gasteiger partial charge on any atom is 0.140 e. The van der Waals surface area contributed by atoms with Gasteiger partial charge in [-0.3, -0.25) is 0 Å². The molecule has 2 rings (SSSR count). The van der Waals surface area contributed by atoms with Crippen LogP contribution in [0, 0.1) is 11.6 Å². The zero-order valence-corrected chi connectivity index (χ0v) is 9.68. The molecule has 0 aliphatic carbocycles. The first-order valence-corrected chi connectivity index (χ1v) is 5.79. The monoisotopic (exact) mass is 252 g/mol. The number of halogens is 2. The summed E-state index contributed by atoms with van der Waals surface area (Å²) in [4.78, 5) is 3.95. The summed E-state index contributed by atoms with van der Waals surface area (Å²) in [5.74, 6) is -1.22. The number of pyridine rings is 1. The Kier molecular flexibility index (Phi) is 3.71. The highest BCUT2D eigenvalue weighted by Gasteiger charge is 2.12. The van der Waals surface area contributed by atoms with Crippen LogP contribution in [0.2, 0.25) is 0 Å². The van der Waals surface area contributed by atoms with Crippen LogP contribution in [0.1, 0.15) is 5.56 Å². The molecule has 0 aliphatic rings. The normalized spacial score (nSPS) is 10.5. The Morgan fingerprint density at radius 3 is 2.41 bits per heavy atom. The molecule has 5 heteroatoms. The summed E-state index contributed by atoms with van der Waals surface area (Å²) >= 11 is 0.958. The lowest BCUT2D eigenvalue weighted by molar-refractivity contribution is 0.537. The molecular formula is C12H10F2N2S. The standard InChI is InChI=1S/C12H10F2N2S/c13-9-5-8(7-15)6-10(14)12(9)17-11-3-1-2-4-16-11/h1-6H,7,15H2. The van der Waals surface area contributed by atoms with Gasteiger partial charge in [-0.05, 0) is 29.8 Å². The fraction of sp³-hybridized carbons (Fsp3) is 0.0833. The topological polar surface area (TPSA) is 38.9 Å². The van der Waals surface area contributed by atoms with Crippen LogP contribution in [-0.4, -0.2) is 4.98 Å². The zero-order valence-electron chi connectivity index (χ0n) is 8.86. The molecule has 17 heavy (non-hydrogen) atoms. The highest BCUT2D eigenvalue weighted by molar-refractivity contribution is 7.99. The second-order valence-electron chi connectivity index (χ2n) is 3.36. The summed E-state index contributed by atoms with van der Waals surface area (Å²) in [6.45, 7) is 0.113. The molecule has 2 aromatic rings. The molecule has 2 nitrogen and oxygen atoms in total. The van der Waals surface area contributed by atoms with Crippen LogP contribution in [0.25, 0.3) is 0 Å². The van der Waals surface area contributed by atoms with Gasteiger partial charge in [-0.25, -0.2) is 13.8 Å². The number of benzene rings is 1. The lowest BCUT2D eigenvalue weighted by Crippen LogP contribution is -1.99. The molecule has 1 aromatic heterocycles. The lowest BCUT2D eigenvalue weighted by atomic mass is 10.2. The van der Waals surface area contributed by atoms with Gasteiger partial charge in [0.25, 0.3) is 0 Å². The highest BCUT2D eigenvalue weighted by Crippen LogP contribution is 2.31. The lowest BCUT2D eigenvalue weighted by Gasteiger charge is -2.06. The summed E-state index contributed by atoms with van der Waals surface area (Å²) in [7, 11) is 0. The SMILES string of the molecule is NCc1cc(F)c(Sc2ccccn2)c(F)c1. The molecular weight excluding hydrogens is 242 g/mol. The summed E-state index contributed by atoms with van der Waals surface area (Å²) < 4.78 is 27.3. The van der Waals surface area contributed by atoms with Gasteiger partial charge < -0.3 is 5.73 Å². The number of nitrogens with zero attached hydrogens (tertiary/aromatic N) is 1. The van der Waals surface area contributed by atoms with Crippen LogP contribution in [0.3, 0.4) is 0 Å². The van der Waals surface area contributed by atoms with Crippen molar-refractivity contribution in [2.75, 3.05) is 0 Å². The average Bonchev–Trinajstić information content (AvgIpc) is 2.35. The highest BCUT2D eigenvalue weighted by atomic mass is 32.2. The first-order valence-electron chi connectivity index (χ1n) is 4.97. The van der Waals surface area contributed by atoms with Gasteiger partial charge in [0.05, 0.1) is 4.90 Å². The molecule has 1 aromatic carbocycles. The van der Waals surface area contributed by atoms with E-state index in [1.807, 2.05) is 0 Å². The van der Waals surface area contributed by atoms with Crippen molar-refractivity contribution < 1.29 is 8.78 Å². The molecule has 0 saturated heterocycles. The zero-order chi connectivity index (χ0) is 12.3. The first kappa shape index (κ1) is 12.0. The van der Waals surface area contributed by atoms with Gasteiger partial charge in [0, 0.05) is 12.7 Å². The second-order valence-corrected chi connectivity index (χ2v) is 4.39. The van der Waals surface area contributed by atoms with Crippen molar-refractivity contribution in [2.45, 2.75) is 16.5 Å². The van der Waals surface area contributed by atoms with Gasteiger partial charge in [0.15, 0.2) is 0 Å². The van der Waals surface area contributed by atoms with Crippen LogP contribution in [0.5, 0.6) is 0 Å². The van der Waals surface area contributed by atoms with Crippen LogP contribution in [-0.2, 0) is 6.54 Å². The Balaban J connectivity index is 2.33. The van der Waals surface area contributed by atoms with Crippen molar-refractivity contribution in [2.24, 2.45) is 5.73 Å². The van der Waals surface area contributed by atoms with Crippen LogP contribution in [0.4, 0.5) is 8.78 Å². The molecule has 0 unspecified atom stereocenters. The second kappa shape index (κ2) is 5.25. The Hall–Kier alpha value is -1.46. The molecule has 0 aliphatic heterocycles. The van der Waals surface area contributed by atoms with Gasteiger partial charge in [-0.1, -0.05) is 17.8 Å². The summed E-state index contributed by atoms with van der Waals surface area (Å²) in [6.07, 6.45) is 1.58. The van der Waals surface area contributed by atoms with Crippen LogP contribution >= 0.6 is 11.8 Å². The predicted molar refractivity (Wildman–Crippen MR) is 62.6 cm³/mol. The summed E-state index contributed by atoms with van der Waals surface area (Å²) in [6, 6.07) is 7.69. The first-order chi connectivity index (χ1) is 8.20. The Morgan fingerprint density at radius 1 is 1.18 bits per heavy atom. The smallest absolute Gasteiger partial charge is 0.140 e. The van der Waals surface area contributed by atoms with Crippen LogP contribution < -0.4 is 5.73 Å². The van der Waals surface area contributed by atoms with E-state index in [2.05, 4.69) is 4.98 Å². The third-order valence-electron chi connectivity index (χ3n) is 2.14. The van der Waals surface area contributed by atoms with Gasteiger partial charge in [-0.15, -0.1) is 0 Å². The Labute approximate surface area is 102 Å². The molecule has 0 spiro atoms. The molecule has 0 fully saturated rings. The molecule has 1 heterocycles. The number of rotatable bonds is 3. The van der Waals surface area contributed by atoms with Crippen LogP contribution in [0.15, 0.2) is 46.5 Å². The van der Waals surface area contributed by atoms with Crippen molar-refractivity contribution in [3.05, 3.63) is 53.7 Å². The van der Waals surface area contributed by atoms with Gasteiger partial charge >= 0.3 is 0 Å². The number of hydrogen-bond acceptors (Lipinski definition) is 3. The van der Waals surface area contributed by atoms with E-state index in [1.54, 1.807) is 24.4 Å². The largest absolute Gasteiger partial charge is 0.326 e. The molecule has 0 bridgehead atoms. The fourth-order valence-electron chi connectivity index (χ4n) is 1.34. The van der Waals surface area contributed by atoms with E-state index in [0.29, 0.717) is 10.6 Å². The minimum atomic E-state index is -0.610. The molecule has 88 valence electrons. The van der Waals surface area contributed by atoms with E-state index in [9.17, 15) is 8.78 Å². The van der Waals surface area contributed by atoms with E-state index < -0.39 is 11.6 Å². The van der Waals surface area contributed by atoms with Crippen molar-refractivity contribution in [3.63, 3.8) is 0 Å². The molecule has 2 N–H and O–H groups in total. The third-order valence-corrected chi connectivity index (χ3v) is 3.18. The van der Waals surface area contributed by atoms with Gasteiger partial charge in [-0.2, -0.15) is 0 Å². The predicted octanol–water partition coefficient (Wildman–Crippen LogP) is 2.97. The van der Waals surface area contributed by atoms with E-state index in [-0.39, 0.29) is 11.4 Å². The van der Waals surface area contributed by atoms with Crippen molar-refractivity contribution in [3.8, 4) is 0 Å². The van der Waals surface area contributed by atoms with Crippen molar-refractivity contribution in [1.82, 2.24) is 4.98 Å². The average molecular weight is 252 g/mol. The van der Waals surface area contributed by atoms with Gasteiger partial charge in [0.1, 0.15) is 16.7 Å². The van der Waals surface area contributed by atoms with E-state index >= 15 is 0 Å². The molecule has 0 atom stereocenters. The number of aromatic nitrogens is 1. The summed E-state index contributed by atoms with van der Waals surface area (Å²) in [5, 5.41) is 0.547. The maximum absolute atomic E-state index is 13.6. The van der Waals surface area contributed by atoms with E-state index in [0.717, 1.165) is 11.8 Å². The van der Waals surface area contributed by atoms with E-state index in [4.69, 9.17) is 5.73 Å². The Morgan fingerprint density at radius 2 is 1.88 bits per heavy atom.